The largest absolute Gasteiger partial charge is 0.493 e. The predicted molar refractivity (Wildman–Crippen MR) is 66.4 cm³/mol. The normalized spacial score (nSPS) is 9.11. The van der Waals surface area contributed by atoms with Crippen LogP contribution in [-0.2, 0) is 4.79 Å². The molecule has 1 rings (SSSR count). The molecule has 0 heterocycles. The lowest BCUT2D eigenvalue weighted by molar-refractivity contribution is -0.122. The van der Waals surface area contributed by atoms with Gasteiger partial charge in [0.15, 0.2) is 18.1 Å². The molecule has 1 aromatic rings. The molecule has 0 aliphatic rings. The third-order valence-corrected chi connectivity index (χ3v) is 2.10. The minimum atomic E-state index is -0.249. The van der Waals surface area contributed by atoms with Crippen LogP contribution in [0.3, 0.4) is 0 Å². The van der Waals surface area contributed by atoms with Crippen LogP contribution in [0.1, 0.15) is 5.56 Å². The minimum absolute atomic E-state index is 0.115. The summed E-state index contributed by atoms with van der Waals surface area (Å²) in [5.41, 5.74) is 0.468. The maximum atomic E-state index is 11.3. The first-order chi connectivity index (χ1) is 8.71. The van der Waals surface area contributed by atoms with E-state index in [-0.39, 0.29) is 12.5 Å². The van der Waals surface area contributed by atoms with Gasteiger partial charge in [-0.3, -0.25) is 4.79 Å². The van der Waals surface area contributed by atoms with Crippen LogP contribution in [-0.4, -0.2) is 26.2 Å². The van der Waals surface area contributed by atoms with Gasteiger partial charge in [0.25, 0.3) is 5.91 Å². The molecular formula is C13H14N2O3. The Labute approximate surface area is 106 Å². The molecule has 0 bridgehead atoms. The number of carbonyl (C=O) groups excluding carboxylic acids is 1. The van der Waals surface area contributed by atoms with Crippen LogP contribution < -0.4 is 14.8 Å². The fraction of sp³-hybridized carbons (Fsp3) is 0.231. The zero-order chi connectivity index (χ0) is 13.4. The van der Waals surface area contributed by atoms with Crippen LogP contribution in [0.5, 0.6) is 11.5 Å². The molecular weight excluding hydrogens is 232 g/mol. The van der Waals surface area contributed by atoms with E-state index in [0.717, 1.165) is 0 Å². The number of methoxy groups -OCH3 is 1. The number of hydrogen-bond donors (Lipinski definition) is 1. The van der Waals surface area contributed by atoms with Crippen molar-refractivity contribution in [1.29, 1.82) is 5.26 Å². The minimum Gasteiger partial charge on any atom is -0.493 e. The average molecular weight is 246 g/mol. The van der Waals surface area contributed by atoms with Crippen molar-refractivity contribution in [2.24, 2.45) is 0 Å². The second-order valence-electron chi connectivity index (χ2n) is 3.36. The van der Waals surface area contributed by atoms with E-state index in [0.29, 0.717) is 23.6 Å². The number of nitrogens with zero attached hydrogens (tertiary/aromatic N) is 1. The SMILES string of the molecule is C=CCNC(=O)COc1ccc(C#N)cc1OC. The molecule has 5 nitrogen and oxygen atoms in total. The van der Waals surface area contributed by atoms with Gasteiger partial charge in [-0.2, -0.15) is 5.26 Å². The van der Waals surface area contributed by atoms with Gasteiger partial charge in [-0.1, -0.05) is 6.08 Å². The highest BCUT2D eigenvalue weighted by Gasteiger charge is 2.07. The van der Waals surface area contributed by atoms with Crippen molar-refractivity contribution < 1.29 is 14.3 Å². The summed E-state index contributed by atoms with van der Waals surface area (Å²) in [6.07, 6.45) is 1.58. The third kappa shape index (κ3) is 3.83. The summed E-state index contributed by atoms with van der Waals surface area (Å²) < 4.78 is 10.4. The molecule has 0 aliphatic heterocycles. The van der Waals surface area contributed by atoms with Crippen LogP contribution in [0.2, 0.25) is 0 Å². The molecule has 94 valence electrons. The number of hydrogen-bond acceptors (Lipinski definition) is 4. The summed E-state index contributed by atoms with van der Waals surface area (Å²) >= 11 is 0. The molecule has 1 amide bonds. The molecule has 0 radical (unpaired) electrons. The Morgan fingerprint density at radius 1 is 1.56 bits per heavy atom. The Morgan fingerprint density at radius 2 is 2.33 bits per heavy atom. The van der Waals surface area contributed by atoms with E-state index in [4.69, 9.17) is 14.7 Å². The molecule has 0 saturated heterocycles. The number of nitrogens with one attached hydrogen (secondary N) is 1. The molecule has 0 fully saturated rings. The Morgan fingerprint density at radius 3 is 2.94 bits per heavy atom. The van der Waals surface area contributed by atoms with E-state index in [9.17, 15) is 4.79 Å². The van der Waals surface area contributed by atoms with Gasteiger partial charge in [-0.05, 0) is 12.1 Å². The van der Waals surface area contributed by atoms with Crippen LogP contribution in [0.15, 0.2) is 30.9 Å². The van der Waals surface area contributed by atoms with Crippen molar-refractivity contribution in [1.82, 2.24) is 5.32 Å². The maximum Gasteiger partial charge on any atom is 0.258 e. The van der Waals surface area contributed by atoms with E-state index < -0.39 is 0 Å². The van der Waals surface area contributed by atoms with E-state index in [1.165, 1.54) is 7.11 Å². The molecule has 0 spiro atoms. The predicted octanol–water partition coefficient (Wildman–Crippen LogP) is 1.25. The number of carbonyl (C=O) groups is 1. The van der Waals surface area contributed by atoms with Gasteiger partial charge in [0, 0.05) is 12.6 Å². The number of nitriles is 1. The zero-order valence-electron chi connectivity index (χ0n) is 10.1. The van der Waals surface area contributed by atoms with Crippen molar-refractivity contribution in [3.8, 4) is 17.6 Å². The van der Waals surface area contributed by atoms with Gasteiger partial charge < -0.3 is 14.8 Å². The van der Waals surface area contributed by atoms with Gasteiger partial charge in [0.2, 0.25) is 0 Å². The van der Waals surface area contributed by atoms with Crippen molar-refractivity contribution >= 4 is 5.91 Å². The lowest BCUT2D eigenvalue weighted by Crippen LogP contribution is -2.28. The lowest BCUT2D eigenvalue weighted by Gasteiger charge is -2.10. The molecule has 1 N–H and O–H groups in total. The zero-order valence-corrected chi connectivity index (χ0v) is 10.1. The maximum absolute atomic E-state index is 11.3. The lowest BCUT2D eigenvalue weighted by atomic mass is 10.2. The van der Waals surface area contributed by atoms with Crippen molar-refractivity contribution in [3.05, 3.63) is 36.4 Å². The van der Waals surface area contributed by atoms with E-state index >= 15 is 0 Å². The number of rotatable bonds is 6. The highest BCUT2D eigenvalue weighted by atomic mass is 16.5. The van der Waals surface area contributed by atoms with Gasteiger partial charge in [0.05, 0.1) is 18.7 Å². The summed E-state index contributed by atoms with van der Waals surface area (Å²) in [4.78, 5) is 11.3. The highest BCUT2D eigenvalue weighted by Crippen LogP contribution is 2.27. The van der Waals surface area contributed by atoms with Crippen LogP contribution in [0.4, 0.5) is 0 Å². The number of ether oxygens (including phenoxy) is 2. The molecule has 0 aliphatic carbocycles. The van der Waals surface area contributed by atoms with Crippen LogP contribution in [0.25, 0.3) is 0 Å². The van der Waals surface area contributed by atoms with Crippen molar-refractivity contribution in [3.63, 3.8) is 0 Å². The van der Waals surface area contributed by atoms with Gasteiger partial charge >= 0.3 is 0 Å². The average Bonchev–Trinajstić information content (AvgIpc) is 2.42. The van der Waals surface area contributed by atoms with Crippen molar-refractivity contribution in [2.45, 2.75) is 0 Å². The second-order valence-corrected chi connectivity index (χ2v) is 3.36. The Kier molecular flexibility index (Phi) is 5.26. The summed E-state index contributed by atoms with van der Waals surface area (Å²) in [7, 11) is 1.47. The van der Waals surface area contributed by atoms with E-state index in [1.807, 2.05) is 6.07 Å². The Balaban J connectivity index is 2.64. The van der Waals surface area contributed by atoms with Gasteiger partial charge in [-0.25, -0.2) is 0 Å². The smallest absolute Gasteiger partial charge is 0.258 e. The summed E-state index contributed by atoms with van der Waals surface area (Å²) in [6, 6.07) is 6.74. The number of benzene rings is 1. The molecule has 0 saturated carbocycles. The Bertz CT molecular complexity index is 478. The fourth-order valence-electron chi connectivity index (χ4n) is 1.24. The first kappa shape index (κ1) is 13.6. The molecule has 0 atom stereocenters. The number of amides is 1. The van der Waals surface area contributed by atoms with Crippen LogP contribution >= 0.6 is 0 Å². The third-order valence-electron chi connectivity index (χ3n) is 2.10. The van der Waals surface area contributed by atoms with Crippen molar-refractivity contribution in [2.75, 3.05) is 20.3 Å². The molecule has 1 aromatic carbocycles. The first-order valence-electron chi connectivity index (χ1n) is 5.29. The van der Waals surface area contributed by atoms with Gasteiger partial charge in [0.1, 0.15) is 0 Å². The Hall–Kier alpha value is -2.48. The van der Waals surface area contributed by atoms with Crippen LogP contribution in [0, 0.1) is 11.3 Å². The molecule has 0 unspecified atom stereocenters. The first-order valence-corrected chi connectivity index (χ1v) is 5.29. The highest BCUT2D eigenvalue weighted by molar-refractivity contribution is 5.77. The topological polar surface area (TPSA) is 71.3 Å². The molecule has 0 aromatic heterocycles. The molecule has 5 heteroatoms. The summed E-state index contributed by atoms with van der Waals surface area (Å²) in [5, 5.41) is 11.3. The standard InChI is InChI=1S/C13H14N2O3/c1-3-6-15-13(16)9-18-11-5-4-10(8-14)7-12(11)17-2/h3-5,7H,1,6,9H2,2H3,(H,15,16). The molecule has 18 heavy (non-hydrogen) atoms. The van der Waals surface area contributed by atoms with E-state index in [2.05, 4.69) is 11.9 Å². The van der Waals surface area contributed by atoms with E-state index in [1.54, 1.807) is 24.3 Å². The summed E-state index contributed by atoms with van der Waals surface area (Å²) in [6.45, 7) is 3.77. The fourth-order valence-corrected chi connectivity index (χ4v) is 1.24. The monoisotopic (exact) mass is 246 g/mol. The quantitative estimate of drug-likeness (QED) is 0.767. The van der Waals surface area contributed by atoms with Gasteiger partial charge in [-0.15, -0.1) is 6.58 Å². The summed E-state index contributed by atoms with van der Waals surface area (Å²) in [5.74, 6) is 0.595. The second kappa shape index (κ2) is 6.97.